The molecule has 0 spiro atoms. The first kappa shape index (κ1) is 18.7. The second-order valence-electron chi connectivity index (χ2n) is 7.10. The molecule has 7 heteroatoms. The van der Waals surface area contributed by atoms with Gasteiger partial charge in [-0.2, -0.15) is 9.78 Å². The monoisotopic (exact) mass is 450 g/mol. The predicted octanol–water partition coefficient (Wildman–Crippen LogP) is 4.53. The molecule has 1 saturated carbocycles. The highest BCUT2D eigenvalue weighted by molar-refractivity contribution is 9.10. The Labute approximate surface area is 171 Å². The number of nitrogens with zero attached hydrogens (tertiary/aromatic N) is 2. The molecule has 27 heavy (non-hydrogen) atoms. The molecular formula is C20H20BrClN2O3. The number of carbonyl (C=O) groups is 2. The number of hydrogen-bond acceptors (Lipinski definition) is 4. The molecule has 0 aliphatic heterocycles. The highest BCUT2D eigenvalue weighted by Gasteiger charge is 2.35. The Kier molecular flexibility index (Phi) is 5.12. The van der Waals surface area contributed by atoms with Crippen molar-refractivity contribution in [1.29, 1.82) is 0 Å². The number of carbonyl (C=O) groups excluding carboxylic acids is 2. The van der Waals surface area contributed by atoms with Gasteiger partial charge in [0.05, 0.1) is 28.8 Å². The Balaban J connectivity index is 1.72. The van der Waals surface area contributed by atoms with Crippen LogP contribution < -0.4 is 0 Å². The predicted molar refractivity (Wildman–Crippen MR) is 105 cm³/mol. The molecule has 0 N–H and O–H groups in total. The maximum absolute atomic E-state index is 13.4. The molecule has 1 aromatic heterocycles. The summed E-state index contributed by atoms with van der Waals surface area (Å²) in [5, 5.41) is 4.89. The van der Waals surface area contributed by atoms with Gasteiger partial charge in [-0.25, -0.2) is 0 Å². The van der Waals surface area contributed by atoms with E-state index in [1.807, 2.05) is 12.1 Å². The molecule has 0 amide bonds. The average Bonchev–Trinajstić information content (AvgIpc) is 3.45. The molecule has 0 saturated heterocycles. The van der Waals surface area contributed by atoms with Crippen molar-refractivity contribution in [3.63, 3.8) is 0 Å². The molecule has 1 unspecified atom stereocenters. The Hall–Kier alpha value is -1.66. The van der Waals surface area contributed by atoms with E-state index in [1.165, 1.54) is 4.68 Å². The summed E-state index contributed by atoms with van der Waals surface area (Å²) in [4.78, 5) is 25.6. The van der Waals surface area contributed by atoms with Gasteiger partial charge in [0.25, 0.3) is 5.91 Å². The zero-order chi connectivity index (χ0) is 19.1. The molecule has 2 aromatic rings. The number of esters is 1. The summed E-state index contributed by atoms with van der Waals surface area (Å²) in [6.07, 6.45) is 3.98. The minimum absolute atomic E-state index is 0.212. The summed E-state index contributed by atoms with van der Waals surface area (Å²) in [5.41, 5.74) is 3.28. The molecule has 2 aliphatic rings. The molecule has 1 aromatic carbocycles. The molecular weight excluding hydrogens is 432 g/mol. The van der Waals surface area contributed by atoms with Crippen molar-refractivity contribution in [2.24, 2.45) is 5.92 Å². The maximum atomic E-state index is 13.4. The third kappa shape index (κ3) is 3.45. The highest BCUT2D eigenvalue weighted by atomic mass is 79.9. The van der Waals surface area contributed by atoms with E-state index in [0.717, 1.165) is 29.7 Å². The van der Waals surface area contributed by atoms with Crippen LogP contribution in [-0.2, 0) is 22.4 Å². The van der Waals surface area contributed by atoms with Crippen LogP contribution in [0.4, 0.5) is 0 Å². The van der Waals surface area contributed by atoms with E-state index in [0.29, 0.717) is 47.0 Å². The Bertz CT molecular complexity index is 920. The van der Waals surface area contributed by atoms with Crippen LogP contribution in [-0.4, -0.2) is 28.3 Å². The molecule has 2 aliphatic carbocycles. The Morgan fingerprint density at radius 2 is 2.11 bits per heavy atom. The van der Waals surface area contributed by atoms with Crippen LogP contribution in [0.3, 0.4) is 0 Å². The van der Waals surface area contributed by atoms with Crippen LogP contribution in [0.15, 0.2) is 22.8 Å². The van der Waals surface area contributed by atoms with Gasteiger partial charge in [-0.05, 0) is 66.1 Å². The van der Waals surface area contributed by atoms with Crippen LogP contribution in [0.1, 0.15) is 59.3 Å². The lowest BCUT2D eigenvalue weighted by atomic mass is 9.88. The molecule has 142 valence electrons. The van der Waals surface area contributed by atoms with Gasteiger partial charge >= 0.3 is 5.97 Å². The minimum atomic E-state index is -0.248. The number of rotatable bonds is 4. The maximum Gasteiger partial charge on any atom is 0.309 e. The smallest absolute Gasteiger partial charge is 0.309 e. The van der Waals surface area contributed by atoms with E-state index in [4.69, 9.17) is 16.3 Å². The lowest BCUT2D eigenvalue weighted by Crippen LogP contribution is -2.28. The second kappa shape index (κ2) is 7.40. The van der Waals surface area contributed by atoms with E-state index in [1.54, 1.807) is 13.0 Å². The molecule has 1 heterocycles. The second-order valence-corrected chi connectivity index (χ2v) is 8.26. The summed E-state index contributed by atoms with van der Waals surface area (Å²) in [7, 11) is 0. The van der Waals surface area contributed by atoms with Gasteiger partial charge in [0, 0.05) is 12.0 Å². The molecule has 0 bridgehead atoms. The fourth-order valence-corrected chi connectivity index (χ4v) is 4.65. The van der Waals surface area contributed by atoms with Crippen molar-refractivity contribution >= 4 is 39.4 Å². The van der Waals surface area contributed by atoms with Gasteiger partial charge in [0.2, 0.25) is 0 Å². The number of aromatic nitrogens is 2. The summed E-state index contributed by atoms with van der Waals surface area (Å²) in [5.74, 6) is -0.295. The van der Waals surface area contributed by atoms with Crippen LogP contribution in [0.2, 0.25) is 5.02 Å². The summed E-state index contributed by atoms with van der Waals surface area (Å²) in [6, 6.07) is 5.61. The Morgan fingerprint density at radius 3 is 2.81 bits per heavy atom. The number of halogens is 2. The van der Waals surface area contributed by atoms with E-state index in [-0.39, 0.29) is 17.8 Å². The van der Waals surface area contributed by atoms with E-state index in [2.05, 4.69) is 21.0 Å². The van der Waals surface area contributed by atoms with Crippen LogP contribution in [0.5, 0.6) is 0 Å². The SMILES string of the molecule is CCOC(=O)C1CCc2c(Br)nn(C(=O)c3c(Cl)cccc3C3CC3)c2C1. The third-order valence-electron chi connectivity index (χ3n) is 5.31. The summed E-state index contributed by atoms with van der Waals surface area (Å²) in [6.45, 7) is 2.15. The van der Waals surface area contributed by atoms with Gasteiger partial charge in [-0.15, -0.1) is 0 Å². The molecule has 1 fully saturated rings. The first-order valence-electron chi connectivity index (χ1n) is 9.27. The molecule has 5 nitrogen and oxygen atoms in total. The fraction of sp³-hybridized carbons (Fsp3) is 0.450. The van der Waals surface area contributed by atoms with E-state index in [9.17, 15) is 9.59 Å². The first-order chi connectivity index (χ1) is 13.0. The minimum Gasteiger partial charge on any atom is -0.466 e. The zero-order valence-corrected chi connectivity index (χ0v) is 17.3. The largest absolute Gasteiger partial charge is 0.466 e. The van der Waals surface area contributed by atoms with Crippen molar-refractivity contribution < 1.29 is 14.3 Å². The average molecular weight is 452 g/mol. The Morgan fingerprint density at radius 1 is 1.33 bits per heavy atom. The van der Waals surface area contributed by atoms with Gasteiger partial charge in [-0.1, -0.05) is 23.7 Å². The quantitative estimate of drug-likeness (QED) is 0.641. The normalized spacial score (nSPS) is 18.9. The van der Waals surface area contributed by atoms with Crippen LogP contribution in [0, 0.1) is 5.92 Å². The molecule has 4 rings (SSSR count). The number of ether oxygens (including phenoxy) is 1. The number of hydrogen-bond donors (Lipinski definition) is 0. The fourth-order valence-electron chi connectivity index (χ4n) is 3.80. The van der Waals surface area contributed by atoms with Crippen LogP contribution >= 0.6 is 27.5 Å². The van der Waals surface area contributed by atoms with Gasteiger partial charge in [-0.3, -0.25) is 9.59 Å². The summed E-state index contributed by atoms with van der Waals surface area (Å²) >= 11 is 9.88. The molecule has 0 radical (unpaired) electrons. The van der Waals surface area contributed by atoms with Crippen molar-refractivity contribution in [2.45, 2.75) is 44.9 Å². The highest BCUT2D eigenvalue weighted by Crippen LogP contribution is 2.43. The van der Waals surface area contributed by atoms with E-state index >= 15 is 0 Å². The van der Waals surface area contributed by atoms with Crippen LogP contribution in [0.25, 0.3) is 0 Å². The lowest BCUT2D eigenvalue weighted by molar-refractivity contribution is -0.148. The van der Waals surface area contributed by atoms with Gasteiger partial charge in [0.15, 0.2) is 0 Å². The van der Waals surface area contributed by atoms with E-state index < -0.39 is 0 Å². The van der Waals surface area contributed by atoms with Crippen molar-refractivity contribution in [2.75, 3.05) is 6.61 Å². The topological polar surface area (TPSA) is 61.2 Å². The lowest BCUT2D eigenvalue weighted by Gasteiger charge is -2.22. The standard InChI is InChI=1S/C20H20BrClN2O3/c1-2-27-20(26)12-8-9-14-16(10-12)24(23-18(14)21)19(25)17-13(11-6-7-11)4-3-5-15(17)22/h3-5,11-12H,2,6-10H2,1H3. The van der Waals surface area contributed by atoms with Crippen molar-refractivity contribution in [3.05, 3.63) is 50.2 Å². The summed E-state index contributed by atoms with van der Waals surface area (Å²) < 4.78 is 7.27. The van der Waals surface area contributed by atoms with Gasteiger partial charge in [0.1, 0.15) is 4.60 Å². The third-order valence-corrected chi connectivity index (χ3v) is 6.26. The van der Waals surface area contributed by atoms with Crippen molar-refractivity contribution in [3.8, 4) is 0 Å². The number of fused-ring (bicyclic) bond motifs is 1. The first-order valence-corrected chi connectivity index (χ1v) is 10.4. The van der Waals surface area contributed by atoms with Crippen molar-refractivity contribution in [1.82, 2.24) is 9.78 Å². The zero-order valence-electron chi connectivity index (χ0n) is 15.0. The van der Waals surface area contributed by atoms with Gasteiger partial charge < -0.3 is 4.74 Å². The number of benzene rings is 1. The molecule has 1 atom stereocenters.